The minimum absolute atomic E-state index is 0.276. The van der Waals surface area contributed by atoms with Crippen molar-refractivity contribution in [2.24, 2.45) is 4.99 Å². The molecule has 1 aromatic rings. The lowest BCUT2D eigenvalue weighted by Crippen LogP contribution is -2.39. The van der Waals surface area contributed by atoms with Crippen LogP contribution in [-0.2, 0) is 0 Å². The monoisotopic (exact) mass is 323 g/mol. The van der Waals surface area contributed by atoms with Crippen molar-refractivity contribution in [2.75, 3.05) is 26.7 Å². The van der Waals surface area contributed by atoms with Crippen molar-refractivity contribution in [3.8, 4) is 0 Å². The van der Waals surface area contributed by atoms with E-state index < -0.39 is 6.10 Å². The van der Waals surface area contributed by atoms with Crippen LogP contribution in [0.15, 0.2) is 41.9 Å². The third-order valence-electron chi connectivity index (χ3n) is 3.28. The molecule has 122 valence electrons. The molecule has 5 heteroatoms. The van der Waals surface area contributed by atoms with Gasteiger partial charge in [0.25, 0.3) is 0 Å². The van der Waals surface area contributed by atoms with Crippen molar-refractivity contribution in [3.05, 3.63) is 47.5 Å². The van der Waals surface area contributed by atoms with E-state index >= 15 is 0 Å². The Bertz CT molecular complexity index is 491. The summed E-state index contributed by atoms with van der Waals surface area (Å²) in [4.78, 5) is 6.57. The first-order valence-corrected chi connectivity index (χ1v) is 8.00. The Morgan fingerprint density at radius 3 is 2.86 bits per heavy atom. The number of aliphatic hydroxyl groups is 1. The molecular weight excluding hydrogens is 298 g/mol. The average Bonchev–Trinajstić information content (AvgIpc) is 2.51. The van der Waals surface area contributed by atoms with Gasteiger partial charge < -0.3 is 15.3 Å². The summed E-state index contributed by atoms with van der Waals surface area (Å²) in [5.41, 5.74) is 0.707. The Balaban J connectivity index is 2.68. The molecule has 22 heavy (non-hydrogen) atoms. The van der Waals surface area contributed by atoms with Crippen molar-refractivity contribution in [1.29, 1.82) is 0 Å². The highest BCUT2D eigenvalue weighted by molar-refractivity contribution is 6.31. The lowest BCUT2D eigenvalue weighted by Gasteiger charge is -2.22. The molecule has 0 aliphatic carbocycles. The predicted molar refractivity (Wildman–Crippen MR) is 94.5 cm³/mol. The van der Waals surface area contributed by atoms with Crippen molar-refractivity contribution >= 4 is 17.6 Å². The summed E-state index contributed by atoms with van der Waals surface area (Å²) in [5, 5.41) is 14.1. The third kappa shape index (κ3) is 6.08. The fourth-order valence-electron chi connectivity index (χ4n) is 2.07. The normalized spacial score (nSPS) is 12.8. The minimum Gasteiger partial charge on any atom is -0.386 e. The molecule has 1 aromatic carbocycles. The number of halogens is 1. The first-order chi connectivity index (χ1) is 10.6. The summed E-state index contributed by atoms with van der Waals surface area (Å²) < 4.78 is 0. The third-order valence-corrected chi connectivity index (χ3v) is 3.62. The van der Waals surface area contributed by atoms with Crippen LogP contribution in [0.1, 0.15) is 31.4 Å². The zero-order chi connectivity index (χ0) is 16.4. The van der Waals surface area contributed by atoms with Crippen LogP contribution in [0.25, 0.3) is 0 Å². The predicted octanol–water partition coefficient (Wildman–Crippen LogP) is 3.24. The highest BCUT2D eigenvalue weighted by atomic mass is 35.5. The average molecular weight is 324 g/mol. The maximum Gasteiger partial charge on any atom is 0.193 e. The van der Waals surface area contributed by atoms with Crippen LogP contribution < -0.4 is 5.32 Å². The van der Waals surface area contributed by atoms with E-state index in [-0.39, 0.29) is 6.54 Å². The SMILES string of the molecule is C=CCCCN(C)C(=NCC(O)c1ccccc1Cl)NCC. The summed E-state index contributed by atoms with van der Waals surface area (Å²) in [6.07, 6.45) is 3.21. The van der Waals surface area contributed by atoms with Gasteiger partial charge in [-0.25, -0.2) is 0 Å². The van der Waals surface area contributed by atoms with Gasteiger partial charge in [-0.3, -0.25) is 4.99 Å². The number of unbranched alkanes of at least 4 members (excludes halogenated alkanes) is 1. The van der Waals surface area contributed by atoms with Crippen LogP contribution in [-0.4, -0.2) is 42.6 Å². The topological polar surface area (TPSA) is 47.9 Å². The number of allylic oxidation sites excluding steroid dienone is 1. The molecule has 0 aliphatic rings. The van der Waals surface area contributed by atoms with Gasteiger partial charge in [0.1, 0.15) is 6.10 Å². The van der Waals surface area contributed by atoms with Gasteiger partial charge in [-0.05, 0) is 25.8 Å². The molecule has 0 aromatic heterocycles. The molecular formula is C17H26ClN3O. The Labute approximate surface area is 138 Å². The maximum atomic E-state index is 10.3. The Morgan fingerprint density at radius 1 is 1.50 bits per heavy atom. The number of nitrogens with one attached hydrogen (secondary N) is 1. The molecule has 1 atom stereocenters. The fraction of sp³-hybridized carbons (Fsp3) is 0.471. The molecule has 0 heterocycles. The minimum atomic E-state index is -0.705. The molecule has 1 unspecified atom stereocenters. The number of aliphatic hydroxyl groups excluding tert-OH is 1. The van der Waals surface area contributed by atoms with Crippen LogP contribution in [0.2, 0.25) is 5.02 Å². The quantitative estimate of drug-likeness (QED) is 0.334. The molecule has 0 aliphatic heterocycles. The number of nitrogens with zero attached hydrogens (tertiary/aromatic N) is 2. The van der Waals surface area contributed by atoms with Gasteiger partial charge in [-0.2, -0.15) is 0 Å². The zero-order valence-corrected chi connectivity index (χ0v) is 14.2. The van der Waals surface area contributed by atoms with Gasteiger partial charge in [0.15, 0.2) is 5.96 Å². The molecule has 2 N–H and O–H groups in total. The van der Waals surface area contributed by atoms with E-state index in [0.29, 0.717) is 10.6 Å². The van der Waals surface area contributed by atoms with Gasteiger partial charge in [0.2, 0.25) is 0 Å². The molecule has 4 nitrogen and oxygen atoms in total. The zero-order valence-electron chi connectivity index (χ0n) is 13.4. The van der Waals surface area contributed by atoms with Gasteiger partial charge in [-0.15, -0.1) is 6.58 Å². The molecule has 0 amide bonds. The molecule has 0 bridgehead atoms. The second-order valence-corrected chi connectivity index (χ2v) is 5.49. The van der Waals surface area contributed by atoms with E-state index in [4.69, 9.17) is 11.6 Å². The van der Waals surface area contributed by atoms with Crippen molar-refractivity contribution < 1.29 is 5.11 Å². The lowest BCUT2D eigenvalue weighted by molar-refractivity contribution is 0.187. The number of hydrogen-bond acceptors (Lipinski definition) is 2. The summed E-state index contributed by atoms with van der Waals surface area (Å²) in [6.45, 7) is 7.70. The van der Waals surface area contributed by atoms with E-state index in [1.165, 1.54) is 0 Å². The standard InChI is InChI=1S/C17H26ClN3O/c1-4-6-9-12-21(3)17(19-5-2)20-13-16(22)14-10-7-8-11-15(14)18/h4,7-8,10-11,16,22H,1,5-6,9,12-13H2,2-3H3,(H,19,20). The molecule has 0 spiro atoms. The van der Waals surface area contributed by atoms with Gasteiger partial charge in [0.05, 0.1) is 6.54 Å². The summed E-state index contributed by atoms with van der Waals surface area (Å²) >= 11 is 6.10. The number of hydrogen-bond donors (Lipinski definition) is 2. The molecule has 0 radical (unpaired) electrons. The van der Waals surface area contributed by atoms with Crippen molar-refractivity contribution in [1.82, 2.24) is 10.2 Å². The number of aliphatic imine (C=N–C) groups is 1. The number of guanidine groups is 1. The Morgan fingerprint density at radius 2 is 2.23 bits per heavy atom. The maximum absolute atomic E-state index is 10.3. The summed E-state index contributed by atoms with van der Waals surface area (Å²) in [6, 6.07) is 7.31. The Kier molecular flexibility index (Phi) is 8.63. The van der Waals surface area contributed by atoms with Crippen LogP contribution in [0, 0.1) is 0 Å². The van der Waals surface area contributed by atoms with Crippen LogP contribution in [0.5, 0.6) is 0 Å². The molecule has 0 fully saturated rings. The molecule has 0 saturated carbocycles. The summed E-state index contributed by atoms with van der Waals surface area (Å²) in [5.74, 6) is 0.790. The van der Waals surface area contributed by atoms with Crippen LogP contribution in [0.4, 0.5) is 0 Å². The number of benzene rings is 1. The molecule has 1 rings (SSSR count). The fourth-order valence-corrected chi connectivity index (χ4v) is 2.33. The second-order valence-electron chi connectivity index (χ2n) is 5.08. The highest BCUT2D eigenvalue weighted by Crippen LogP contribution is 2.22. The smallest absolute Gasteiger partial charge is 0.193 e. The van der Waals surface area contributed by atoms with E-state index in [0.717, 1.165) is 31.9 Å². The van der Waals surface area contributed by atoms with Crippen LogP contribution >= 0.6 is 11.6 Å². The van der Waals surface area contributed by atoms with Crippen molar-refractivity contribution in [2.45, 2.75) is 25.9 Å². The van der Waals surface area contributed by atoms with E-state index in [2.05, 4.69) is 21.8 Å². The van der Waals surface area contributed by atoms with Gasteiger partial charge in [-0.1, -0.05) is 35.9 Å². The van der Waals surface area contributed by atoms with Crippen molar-refractivity contribution in [3.63, 3.8) is 0 Å². The molecule has 0 saturated heterocycles. The summed E-state index contributed by atoms with van der Waals surface area (Å²) in [7, 11) is 1.99. The lowest BCUT2D eigenvalue weighted by atomic mass is 10.1. The first kappa shape index (κ1) is 18.5. The Hall–Kier alpha value is -1.52. The highest BCUT2D eigenvalue weighted by Gasteiger charge is 2.12. The van der Waals surface area contributed by atoms with E-state index in [9.17, 15) is 5.11 Å². The number of rotatable bonds is 8. The van der Waals surface area contributed by atoms with Gasteiger partial charge >= 0.3 is 0 Å². The van der Waals surface area contributed by atoms with E-state index in [1.807, 2.05) is 38.2 Å². The van der Waals surface area contributed by atoms with Crippen LogP contribution in [0.3, 0.4) is 0 Å². The largest absolute Gasteiger partial charge is 0.386 e. The second kappa shape index (κ2) is 10.2. The van der Waals surface area contributed by atoms with E-state index in [1.54, 1.807) is 6.07 Å². The van der Waals surface area contributed by atoms with Gasteiger partial charge in [0, 0.05) is 30.7 Å². The first-order valence-electron chi connectivity index (χ1n) is 7.63.